The fourth-order valence-corrected chi connectivity index (χ4v) is 7.03. The van der Waals surface area contributed by atoms with Crippen LogP contribution < -0.4 is 17.2 Å². The van der Waals surface area contributed by atoms with Crippen molar-refractivity contribution in [2.45, 2.75) is 36.9 Å². The molecule has 204 valence electrons. The number of carbonyl (C=O) groups is 3. The molecular formula is C28H29ClN4O6. The number of rotatable bonds is 3. The van der Waals surface area contributed by atoms with Gasteiger partial charge in [0.1, 0.15) is 28.3 Å². The maximum Gasteiger partial charge on any atom is 0.255 e. The van der Waals surface area contributed by atoms with E-state index < -0.39 is 57.1 Å². The number of nitrogens with two attached hydrogens (primary N) is 3. The summed E-state index contributed by atoms with van der Waals surface area (Å²) < 4.78 is 0. The van der Waals surface area contributed by atoms with Gasteiger partial charge in [-0.25, -0.2) is 0 Å². The third kappa shape index (κ3) is 3.29. The Bertz CT molecular complexity index is 1570. The lowest BCUT2D eigenvalue weighted by Crippen LogP contribution is -2.79. The average Bonchev–Trinajstić information content (AvgIpc) is 2.81. The first-order valence-electron chi connectivity index (χ1n) is 12.2. The Morgan fingerprint density at radius 3 is 2.28 bits per heavy atom. The number of phenolic OH excluding ortho intramolecular Hbond substituents is 1. The summed E-state index contributed by atoms with van der Waals surface area (Å²) in [6.45, 7) is 1.31. The molecule has 5 rings (SSSR count). The van der Waals surface area contributed by atoms with Gasteiger partial charge in [-0.2, -0.15) is 0 Å². The van der Waals surface area contributed by atoms with Crippen LogP contribution in [0.25, 0.3) is 16.9 Å². The number of likely N-dealkylation sites (N-methyl/N-ethyl adjacent to an activating group) is 1. The summed E-state index contributed by atoms with van der Waals surface area (Å²) in [5.74, 6) is -4.65. The van der Waals surface area contributed by atoms with E-state index in [0.29, 0.717) is 21.7 Å². The van der Waals surface area contributed by atoms with E-state index in [1.54, 1.807) is 44.4 Å². The number of amides is 1. The molecule has 2 aromatic rings. The van der Waals surface area contributed by atoms with Gasteiger partial charge >= 0.3 is 0 Å². The fourth-order valence-electron chi connectivity index (χ4n) is 6.79. The molecule has 39 heavy (non-hydrogen) atoms. The number of Topliss-reactive ketones (excluding diaryl/α,β-unsaturated/α-hetero) is 2. The number of aliphatic hydroxyl groups excluding tert-OH is 2. The van der Waals surface area contributed by atoms with Crippen LogP contribution in [0.3, 0.4) is 0 Å². The lowest BCUT2D eigenvalue weighted by Gasteiger charge is -2.60. The Labute approximate surface area is 229 Å². The highest BCUT2D eigenvalue weighted by Crippen LogP contribution is 2.58. The van der Waals surface area contributed by atoms with Gasteiger partial charge in [0.25, 0.3) is 5.91 Å². The first-order chi connectivity index (χ1) is 18.1. The van der Waals surface area contributed by atoms with E-state index in [1.165, 1.54) is 17.9 Å². The molecule has 3 aliphatic rings. The van der Waals surface area contributed by atoms with Crippen molar-refractivity contribution in [3.63, 3.8) is 0 Å². The van der Waals surface area contributed by atoms with Gasteiger partial charge in [-0.15, -0.1) is 0 Å². The minimum Gasteiger partial charge on any atom is -0.510 e. The van der Waals surface area contributed by atoms with Crippen LogP contribution in [0, 0.1) is 5.41 Å². The molecule has 0 radical (unpaired) electrons. The van der Waals surface area contributed by atoms with E-state index in [0.717, 1.165) is 0 Å². The zero-order valence-electron chi connectivity index (χ0n) is 21.6. The van der Waals surface area contributed by atoms with E-state index in [4.69, 9.17) is 28.8 Å². The van der Waals surface area contributed by atoms with Crippen molar-refractivity contribution in [3.05, 3.63) is 69.5 Å². The SMILES string of the molecule is CN(C)[C@@H]1C(=O)C(C(N)=O)=C(O)[C@@]2(C)C(=O)C3=C(O)c4c(O)ccc(-c5ccccc5Cl)c4C[C@@]3(N)C[C@@]12N. The monoisotopic (exact) mass is 552 g/mol. The van der Waals surface area contributed by atoms with Crippen molar-refractivity contribution in [1.29, 1.82) is 0 Å². The topological polar surface area (TPSA) is 193 Å². The minimum absolute atomic E-state index is 0.000365. The molecule has 9 N–H and O–H groups in total. The highest BCUT2D eigenvalue weighted by molar-refractivity contribution is 6.33. The average molecular weight is 553 g/mol. The van der Waals surface area contributed by atoms with Gasteiger partial charge in [0, 0.05) is 10.6 Å². The van der Waals surface area contributed by atoms with Crippen LogP contribution in [0.15, 0.2) is 53.3 Å². The molecule has 2 aromatic carbocycles. The maximum absolute atomic E-state index is 14.4. The van der Waals surface area contributed by atoms with E-state index in [1.807, 2.05) is 0 Å². The third-order valence-corrected chi connectivity index (χ3v) is 8.92. The fraction of sp³-hybridized carbons (Fsp3) is 0.321. The number of aromatic hydroxyl groups is 1. The van der Waals surface area contributed by atoms with Crippen LogP contribution in [0.5, 0.6) is 5.75 Å². The number of hydrogen-bond acceptors (Lipinski definition) is 9. The molecule has 1 saturated carbocycles. The lowest BCUT2D eigenvalue weighted by atomic mass is 9.47. The molecule has 3 aliphatic carbocycles. The number of aliphatic hydroxyl groups is 2. The maximum atomic E-state index is 14.4. The van der Waals surface area contributed by atoms with E-state index in [9.17, 15) is 29.7 Å². The molecule has 0 bridgehead atoms. The van der Waals surface area contributed by atoms with Crippen molar-refractivity contribution >= 4 is 34.8 Å². The number of fused-ring (bicyclic) bond motifs is 3. The molecule has 0 spiro atoms. The van der Waals surface area contributed by atoms with Crippen LogP contribution in [0.2, 0.25) is 5.02 Å². The lowest BCUT2D eigenvalue weighted by molar-refractivity contribution is -0.142. The molecule has 1 fully saturated rings. The van der Waals surface area contributed by atoms with Crippen molar-refractivity contribution in [1.82, 2.24) is 4.90 Å². The number of benzene rings is 2. The normalized spacial score (nSPS) is 30.3. The van der Waals surface area contributed by atoms with Crippen molar-refractivity contribution in [2.24, 2.45) is 22.6 Å². The van der Waals surface area contributed by atoms with Crippen molar-refractivity contribution < 1.29 is 29.7 Å². The molecule has 11 heteroatoms. The van der Waals surface area contributed by atoms with Crippen LogP contribution in [-0.4, -0.2) is 68.9 Å². The Kier molecular flexibility index (Phi) is 5.79. The van der Waals surface area contributed by atoms with Crippen LogP contribution in [-0.2, 0) is 20.8 Å². The molecule has 1 amide bonds. The molecule has 0 aromatic heterocycles. The first kappa shape index (κ1) is 26.9. The van der Waals surface area contributed by atoms with E-state index in [2.05, 4.69) is 0 Å². The summed E-state index contributed by atoms with van der Waals surface area (Å²) in [7, 11) is 3.11. The highest BCUT2D eigenvalue weighted by atomic mass is 35.5. The Balaban J connectivity index is 1.84. The highest BCUT2D eigenvalue weighted by Gasteiger charge is 2.71. The van der Waals surface area contributed by atoms with Crippen molar-refractivity contribution in [2.75, 3.05) is 14.1 Å². The number of ketones is 2. The number of phenols is 1. The summed E-state index contributed by atoms with van der Waals surface area (Å²) in [5, 5.41) is 34.1. The summed E-state index contributed by atoms with van der Waals surface area (Å²) in [6, 6.07) is 8.78. The zero-order valence-corrected chi connectivity index (χ0v) is 22.3. The van der Waals surface area contributed by atoms with Gasteiger partial charge in [-0.05, 0) is 57.1 Å². The zero-order chi connectivity index (χ0) is 28.8. The summed E-state index contributed by atoms with van der Waals surface area (Å²) in [4.78, 5) is 41.6. The van der Waals surface area contributed by atoms with Crippen molar-refractivity contribution in [3.8, 4) is 16.9 Å². The second kappa shape index (κ2) is 8.40. The smallest absolute Gasteiger partial charge is 0.255 e. The number of halogens is 1. The Morgan fingerprint density at radius 2 is 1.69 bits per heavy atom. The number of primary amides is 1. The first-order valence-corrected chi connectivity index (χ1v) is 12.6. The predicted molar refractivity (Wildman–Crippen MR) is 145 cm³/mol. The Hall–Kier alpha value is -3.70. The van der Waals surface area contributed by atoms with Gasteiger partial charge < -0.3 is 32.5 Å². The van der Waals surface area contributed by atoms with Crippen LogP contribution in [0.4, 0.5) is 0 Å². The molecule has 0 saturated heterocycles. The molecular weight excluding hydrogens is 524 g/mol. The number of nitrogens with zero attached hydrogens (tertiary/aromatic N) is 1. The quantitative estimate of drug-likeness (QED) is 0.307. The Morgan fingerprint density at radius 1 is 1.05 bits per heavy atom. The summed E-state index contributed by atoms with van der Waals surface area (Å²) in [5.41, 5.74) is 14.5. The van der Waals surface area contributed by atoms with Crippen LogP contribution >= 0.6 is 11.6 Å². The second-order valence-electron chi connectivity index (χ2n) is 11.0. The number of carbonyl (C=O) groups excluding carboxylic acids is 3. The summed E-state index contributed by atoms with van der Waals surface area (Å²) in [6.07, 6.45) is -0.303. The van der Waals surface area contributed by atoms with Crippen LogP contribution in [0.1, 0.15) is 24.5 Å². The standard InChI is InChI=1S/C28H29ClN4O6/c1-26-23(37)18(25(30)39)21(36)22(33(2)3)28(26,32)11-27(31)10-14-12(13-6-4-5-7-15(13)29)8-9-16(34)17(14)20(35)19(27)24(26)38/h4-9,22,34-35,37H,10-11,31-32H2,1-3H3,(H2,30,39)/t22-,26+,27-,28-/m1/s1. The van der Waals surface area contributed by atoms with Gasteiger partial charge in [0.05, 0.1) is 28.3 Å². The molecule has 0 aliphatic heterocycles. The van der Waals surface area contributed by atoms with Gasteiger partial charge in [0.15, 0.2) is 11.6 Å². The van der Waals surface area contributed by atoms with Gasteiger partial charge in [0.2, 0.25) is 0 Å². The molecule has 10 nitrogen and oxygen atoms in total. The predicted octanol–water partition coefficient (Wildman–Crippen LogP) is 1.72. The second-order valence-corrected chi connectivity index (χ2v) is 11.4. The molecule has 0 heterocycles. The van der Waals surface area contributed by atoms with E-state index >= 15 is 0 Å². The van der Waals surface area contributed by atoms with Gasteiger partial charge in [-0.3, -0.25) is 19.3 Å². The molecule has 0 unspecified atom stereocenters. The summed E-state index contributed by atoms with van der Waals surface area (Å²) >= 11 is 6.47. The molecule has 4 atom stereocenters. The largest absolute Gasteiger partial charge is 0.510 e. The van der Waals surface area contributed by atoms with E-state index in [-0.39, 0.29) is 29.7 Å². The number of hydrogen-bond donors (Lipinski definition) is 6. The van der Waals surface area contributed by atoms with Gasteiger partial charge in [-0.1, -0.05) is 35.9 Å². The minimum atomic E-state index is -2.06. The third-order valence-electron chi connectivity index (χ3n) is 8.59.